The molecule has 1 saturated heterocycles. The van der Waals surface area contributed by atoms with E-state index in [4.69, 9.17) is 4.84 Å². The van der Waals surface area contributed by atoms with Gasteiger partial charge in [-0.25, -0.2) is 9.69 Å². The third kappa shape index (κ3) is 4.25. The Labute approximate surface area is 152 Å². The lowest BCUT2D eigenvalue weighted by molar-refractivity contribution is -0.137. The van der Waals surface area contributed by atoms with Crippen molar-refractivity contribution in [2.24, 2.45) is 5.16 Å². The molecule has 6 nitrogen and oxygen atoms in total. The number of hydrogen-bond donors (Lipinski definition) is 1. The first-order valence-electron chi connectivity index (χ1n) is 7.87. The topological polar surface area (TPSA) is 71.0 Å². The van der Waals surface area contributed by atoms with Crippen molar-refractivity contribution in [3.05, 3.63) is 65.2 Å². The number of benzene rings is 2. The zero-order chi connectivity index (χ0) is 19.4. The minimum atomic E-state index is -4.44. The average Bonchev–Trinajstić information content (AvgIpc) is 2.97. The number of imide groups is 1. The molecule has 27 heavy (non-hydrogen) atoms. The summed E-state index contributed by atoms with van der Waals surface area (Å²) < 4.78 is 38.1. The summed E-state index contributed by atoms with van der Waals surface area (Å²) >= 11 is 0. The van der Waals surface area contributed by atoms with E-state index in [0.29, 0.717) is 11.3 Å². The maximum atomic E-state index is 12.7. The summed E-state index contributed by atoms with van der Waals surface area (Å²) in [6.07, 6.45) is -3.28. The van der Waals surface area contributed by atoms with Crippen molar-refractivity contribution in [2.75, 3.05) is 11.4 Å². The van der Waals surface area contributed by atoms with Crippen LogP contribution >= 0.6 is 0 Å². The van der Waals surface area contributed by atoms with Gasteiger partial charge in [0.05, 0.1) is 24.0 Å². The first-order valence-corrected chi connectivity index (χ1v) is 7.87. The first-order chi connectivity index (χ1) is 12.9. The Morgan fingerprint density at radius 3 is 2.63 bits per heavy atom. The van der Waals surface area contributed by atoms with E-state index < -0.39 is 17.8 Å². The monoisotopic (exact) mass is 377 g/mol. The number of para-hydroxylation sites is 1. The van der Waals surface area contributed by atoms with Crippen molar-refractivity contribution in [1.82, 2.24) is 5.32 Å². The van der Waals surface area contributed by atoms with Gasteiger partial charge in [-0.3, -0.25) is 4.79 Å². The molecule has 3 rings (SSSR count). The number of anilines is 1. The second-order valence-corrected chi connectivity index (χ2v) is 5.65. The number of hydrogen-bond acceptors (Lipinski definition) is 4. The van der Waals surface area contributed by atoms with Crippen LogP contribution in [0.15, 0.2) is 53.7 Å². The van der Waals surface area contributed by atoms with Gasteiger partial charge < -0.3 is 10.2 Å². The zero-order valence-corrected chi connectivity index (χ0v) is 13.9. The molecule has 0 saturated carbocycles. The fourth-order valence-electron chi connectivity index (χ4n) is 2.52. The summed E-state index contributed by atoms with van der Waals surface area (Å²) in [5.41, 5.74) is 0.346. The average molecular weight is 377 g/mol. The van der Waals surface area contributed by atoms with Gasteiger partial charge in [-0.05, 0) is 23.8 Å². The fourth-order valence-corrected chi connectivity index (χ4v) is 2.52. The van der Waals surface area contributed by atoms with E-state index >= 15 is 0 Å². The van der Waals surface area contributed by atoms with Gasteiger partial charge in [-0.2, -0.15) is 13.2 Å². The second kappa shape index (κ2) is 7.48. The van der Waals surface area contributed by atoms with Crippen molar-refractivity contribution in [2.45, 2.75) is 12.8 Å². The van der Waals surface area contributed by atoms with Crippen LogP contribution in [0.3, 0.4) is 0 Å². The highest BCUT2D eigenvalue weighted by atomic mass is 19.4. The molecule has 1 heterocycles. The first kappa shape index (κ1) is 18.4. The van der Waals surface area contributed by atoms with E-state index in [1.807, 2.05) is 0 Å². The van der Waals surface area contributed by atoms with Gasteiger partial charge in [0.25, 0.3) is 5.91 Å². The lowest BCUT2D eigenvalue weighted by Gasteiger charge is -2.16. The number of carbonyl (C=O) groups is 2. The van der Waals surface area contributed by atoms with Gasteiger partial charge >= 0.3 is 12.2 Å². The predicted octanol–water partition coefficient (Wildman–Crippen LogP) is 3.31. The second-order valence-electron chi connectivity index (χ2n) is 5.65. The summed E-state index contributed by atoms with van der Waals surface area (Å²) in [5.74, 6) is -0.389. The molecule has 0 aromatic heterocycles. The van der Waals surface area contributed by atoms with Crippen molar-refractivity contribution in [3.63, 3.8) is 0 Å². The highest BCUT2D eigenvalue weighted by Gasteiger charge is 2.31. The Balaban J connectivity index is 1.69. The van der Waals surface area contributed by atoms with E-state index in [1.165, 1.54) is 12.1 Å². The molecule has 2 aromatic carbocycles. The number of amides is 3. The number of urea groups is 1. The summed E-state index contributed by atoms with van der Waals surface area (Å²) in [5, 5.41) is 6.10. The quantitative estimate of drug-likeness (QED) is 0.494. The van der Waals surface area contributed by atoms with Gasteiger partial charge in [0.15, 0.2) is 0 Å². The normalized spacial score (nSPS) is 14.7. The number of nitrogens with zero attached hydrogens (tertiary/aromatic N) is 2. The van der Waals surface area contributed by atoms with Crippen molar-refractivity contribution >= 4 is 23.8 Å². The van der Waals surface area contributed by atoms with E-state index in [1.54, 1.807) is 24.3 Å². The number of carbonyl (C=O) groups excluding carboxylic acids is 2. The molecule has 0 bridgehead atoms. The smallest absolute Gasteiger partial charge is 0.391 e. The van der Waals surface area contributed by atoms with E-state index in [2.05, 4.69) is 10.5 Å². The lowest BCUT2D eigenvalue weighted by Crippen LogP contribution is -2.31. The molecule has 1 aliphatic rings. The molecule has 1 aliphatic heterocycles. The maximum absolute atomic E-state index is 12.7. The van der Waals surface area contributed by atoms with Crippen LogP contribution in [0.4, 0.5) is 23.7 Å². The van der Waals surface area contributed by atoms with Crippen LogP contribution in [0.25, 0.3) is 0 Å². The minimum absolute atomic E-state index is 0.0668. The number of oxime groups is 1. The predicted molar refractivity (Wildman–Crippen MR) is 91.2 cm³/mol. The molecule has 1 fully saturated rings. The Bertz CT molecular complexity index is 881. The van der Waals surface area contributed by atoms with Gasteiger partial charge in [0.1, 0.15) is 6.61 Å². The molecule has 3 amide bonds. The minimum Gasteiger partial charge on any atom is -0.391 e. The van der Waals surface area contributed by atoms with Crippen molar-refractivity contribution in [1.29, 1.82) is 0 Å². The number of alkyl halides is 3. The van der Waals surface area contributed by atoms with Crippen molar-refractivity contribution < 1.29 is 27.6 Å². The van der Waals surface area contributed by atoms with Crippen LogP contribution in [0, 0.1) is 0 Å². The standard InChI is InChI=1S/C18H14F3N3O3/c19-18(20,21)14-6-3-4-12(8-14)9-23-27-11-13-5-1-2-7-15(13)24-16(25)10-22-17(24)26/h1-9H,10-11H2,(H,22,26)/b23-9-. The third-order valence-electron chi connectivity index (χ3n) is 3.79. The molecule has 0 unspecified atom stereocenters. The molecule has 0 spiro atoms. The highest BCUT2D eigenvalue weighted by Crippen LogP contribution is 2.29. The molecule has 2 aromatic rings. The molecule has 1 N–H and O–H groups in total. The Hall–Kier alpha value is -3.36. The Kier molecular flexibility index (Phi) is 5.11. The van der Waals surface area contributed by atoms with E-state index in [0.717, 1.165) is 23.2 Å². The SMILES string of the molecule is O=C1CNC(=O)N1c1ccccc1CO/N=C\c1cccc(C(F)(F)F)c1. The molecule has 9 heteroatoms. The Morgan fingerprint density at radius 1 is 1.15 bits per heavy atom. The number of rotatable bonds is 5. The maximum Gasteiger partial charge on any atom is 0.416 e. The summed E-state index contributed by atoms with van der Waals surface area (Å²) in [6.45, 7) is -0.148. The summed E-state index contributed by atoms with van der Waals surface area (Å²) in [7, 11) is 0. The van der Waals surface area contributed by atoms with Gasteiger partial charge in [0, 0.05) is 5.56 Å². The molecule has 0 radical (unpaired) electrons. The Morgan fingerprint density at radius 2 is 1.93 bits per heavy atom. The van der Waals surface area contributed by atoms with Crippen LogP contribution in [0.1, 0.15) is 16.7 Å². The largest absolute Gasteiger partial charge is 0.416 e. The van der Waals surface area contributed by atoms with Crippen LogP contribution in [0.2, 0.25) is 0 Å². The number of nitrogens with one attached hydrogen (secondary N) is 1. The number of halogens is 3. The summed E-state index contributed by atoms with van der Waals surface area (Å²) in [6, 6.07) is 10.8. The van der Waals surface area contributed by atoms with Crippen LogP contribution in [-0.4, -0.2) is 24.7 Å². The third-order valence-corrected chi connectivity index (χ3v) is 3.79. The lowest BCUT2D eigenvalue weighted by atomic mass is 10.1. The van der Waals surface area contributed by atoms with Crippen LogP contribution in [-0.2, 0) is 22.4 Å². The zero-order valence-electron chi connectivity index (χ0n) is 13.9. The highest BCUT2D eigenvalue weighted by molar-refractivity contribution is 6.20. The molecule has 0 atom stereocenters. The van der Waals surface area contributed by atoms with Crippen LogP contribution in [0.5, 0.6) is 0 Å². The fraction of sp³-hybridized carbons (Fsp3) is 0.167. The van der Waals surface area contributed by atoms with Gasteiger partial charge in [-0.1, -0.05) is 35.5 Å². The molecule has 0 aliphatic carbocycles. The van der Waals surface area contributed by atoms with E-state index in [-0.39, 0.29) is 24.6 Å². The van der Waals surface area contributed by atoms with Crippen molar-refractivity contribution in [3.8, 4) is 0 Å². The molecular weight excluding hydrogens is 363 g/mol. The molecule has 140 valence electrons. The molecular formula is C18H14F3N3O3. The summed E-state index contributed by atoms with van der Waals surface area (Å²) in [4.78, 5) is 29.8. The van der Waals surface area contributed by atoms with Crippen LogP contribution < -0.4 is 10.2 Å². The van der Waals surface area contributed by atoms with Gasteiger partial charge in [-0.15, -0.1) is 0 Å². The van der Waals surface area contributed by atoms with E-state index in [9.17, 15) is 22.8 Å². The van der Waals surface area contributed by atoms with Gasteiger partial charge in [0.2, 0.25) is 0 Å².